The number of carbonyl (C=O) groups is 1. The highest BCUT2D eigenvalue weighted by Crippen LogP contribution is 2.32. The van der Waals surface area contributed by atoms with Gasteiger partial charge < -0.3 is 14.8 Å². The first kappa shape index (κ1) is 20.6. The summed E-state index contributed by atoms with van der Waals surface area (Å²) in [6.07, 6.45) is 13.8. The molecule has 2 N–H and O–H groups in total. The molecule has 3 aromatic heterocycles. The first-order chi connectivity index (χ1) is 15.8. The van der Waals surface area contributed by atoms with Gasteiger partial charge >= 0.3 is 0 Å². The molecule has 1 saturated carbocycles. The van der Waals surface area contributed by atoms with Crippen molar-refractivity contribution in [3.63, 3.8) is 0 Å². The first-order valence-electron chi connectivity index (χ1n) is 11.6. The number of nitrogens with one attached hydrogen (secondary N) is 2. The summed E-state index contributed by atoms with van der Waals surface area (Å²) in [4.78, 5) is 36.3. The minimum absolute atomic E-state index is 0.259. The average Bonchev–Trinajstić information content (AvgIpc) is 3.44. The lowest BCUT2D eigenvalue weighted by Crippen LogP contribution is -2.27. The monoisotopic (exact) mass is 435 g/mol. The van der Waals surface area contributed by atoms with Crippen LogP contribution in [0.1, 0.15) is 57.4 Å². The van der Waals surface area contributed by atoms with Crippen molar-refractivity contribution >= 4 is 34.8 Å². The fourth-order valence-electron chi connectivity index (χ4n) is 4.60. The molecule has 0 aromatic carbocycles. The van der Waals surface area contributed by atoms with Crippen LogP contribution in [0.5, 0.6) is 0 Å². The number of rotatable bonds is 8. The van der Waals surface area contributed by atoms with Crippen LogP contribution < -0.4 is 10.6 Å². The molecule has 0 atom stereocenters. The summed E-state index contributed by atoms with van der Waals surface area (Å²) in [5.41, 5.74) is 1.59. The SMILES string of the molecule is O=C1CCCN1CCCNc1nc(Nc2ncccn2)nc2c1ncn2C1CCCCC1. The van der Waals surface area contributed by atoms with Crippen molar-refractivity contribution in [1.29, 1.82) is 0 Å². The highest BCUT2D eigenvalue weighted by molar-refractivity contribution is 5.84. The van der Waals surface area contributed by atoms with Gasteiger partial charge in [-0.3, -0.25) is 10.1 Å². The summed E-state index contributed by atoms with van der Waals surface area (Å²) in [7, 11) is 0. The van der Waals surface area contributed by atoms with Crippen molar-refractivity contribution < 1.29 is 4.79 Å². The molecule has 0 bridgehead atoms. The van der Waals surface area contributed by atoms with Crippen molar-refractivity contribution in [1.82, 2.24) is 34.4 Å². The van der Waals surface area contributed by atoms with Gasteiger partial charge in [-0.1, -0.05) is 19.3 Å². The third-order valence-electron chi connectivity index (χ3n) is 6.25. The molecule has 0 spiro atoms. The molecule has 1 saturated heterocycles. The van der Waals surface area contributed by atoms with Gasteiger partial charge in [-0.15, -0.1) is 0 Å². The zero-order valence-corrected chi connectivity index (χ0v) is 18.2. The molecular weight excluding hydrogens is 406 g/mol. The predicted octanol–water partition coefficient (Wildman–Crippen LogP) is 3.29. The Balaban J connectivity index is 1.38. The highest BCUT2D eigenvalue weighted by Gasteiger charge is 2.22. The molecule has 10 heteroatoms. The van der Waals surface area contributed by atoms with Crippen LogP contribution in [0.3, 0.4) is 0 Å². The largest absolute Gasteiger partial charge is 0.368 e. The number of nitrogens with zero attached hydrogens (tertiary/aromatic N) is 7. The Morgan fingerprint density at radius 2 is 1.84 bits per heavy atom. The van der Waals surface area contributed by atoms with Crippen LogP contribution in [0, 0.1) is 0 Å². The second-order valence-electron chi connectivity index (χ2n) is 8.47. The normalized spacial score (nSPS) is 17.2. The van der Waals surface area contributed by atoms with E-state index in [2.05, 4.69) is 35.1 Å². The molecule has 1 aliphatic carbocycles. The molecule has 0 radical (unpaired) electrons. The Labute approximate surface area is 186 Å². The van der Waals surface area contributed by atoms with Crippen LogP contribution in [0.4, 0.5) is 17.7 Å². The van der Waals surface area contributed by atoms with Crippen LogP contribution in [0.25, 0.3) is 11.2 Å². The van der Waals surface area contributed by atoms with Crippen LogP contribution in [0.2, 0.25) is 0 Å². The molecular formula is C22H29N9O. The lowest BCUT2D eigenvalue weighted by Gasteiger charge is -2.23. The van der Waals surface area contributed by atoms with Crippen molar-refractivity contribution in [2.24, 2.45) is 0 Å². The van der Waals surface area contributed by atoms with Crippen molar-refractivity contribution in [2.75, 3.05) is 30.3 Å². The smallest absolute Gasteiger partial charge is 0.233 e. The van der Waals surface area contributed by atoms with E-state index in [0.717, 1.165) is 49.9 Å². The standard InChI is InChI=1S/C22H29N9O/c32-17-9-4-13-30(17)14-6-12-23-19-18-20(31(15-26-18)16-7-2-1-3-8-16)28-22(27-19)29-21-24-10-5-11-25-21/h5,10-11,15-16H,1-4,6-9,12-14H2,(H2,23,24,25,27,28,29). The topological polar surface area (TPSA) is 114 Å². The molecule has 5 rings (SSSR count). The Hall–Kier alpha value is -3.30. The van der Waals surface area contributed by atoms with E-state index in [1.165, 1.54) is 19.3 Å². The quantitative estimate of drug-likeness (QED) is 0.518. The van der Waals surface area contributed by atoms with Crippen LogP contribution in [0.15, 0.2) is 24.8 Å². The van der Waals surface area contributed by atoms with Gasteiger partial charge in [0.25, 0.3) is 0 Å². The van der Waals surface area contributed by atoms with Crippen molar-refractivity contribution in [3.8, 4) is 0 Å². The van der Waals surface area contributed by atoms with Gasteiger partial charge in [0.1, 0.15) is 0 Å². The van der Waals surface area contributed by atoms with E-state index in [4.69, 9.17) is 4.98 Å². The Kier molecular flexibility index (Phi) is 6.09. The molecule has 4 heterocycles. The minimum Gasteiger partial charge on any atom is -0.368 e. The number of imidazole rings is 1. The number of amides is 1. The third-order valence-corrected chi connectivity index (χ3v) is 6.25. The highest BCUT2D eigenvalue weighted by atomic mass is 16.2. The fourth-order valence-corrected chi connectivity index (χ4v) is 4.60. The second kappa shape index (κ2) is 9.46. The van der Waals surface area contributed by atoms with E-state index in [0.29, 0.717) is 36.7 Å². The van der Waals surface area contributed by atoms with Gasteiger partial charge in [-0.05, 0) is 31.7 Å². The van der Waals surface area contributed by atoms with E-state index in [1.54, 1.807) is 18.5 Å². The maximum Gasteiger partial charge on any atom is 0.233 e. The number of anilines is 3. The molecule has 168 valence electrons. The summed E-state index contributed by atoms with van der Waals surface area (Å²) >= 11 is 0. The summed E-state index contributed by atoms with van der Waals surface area (Å²) in [5.74, 6) is 1.85. The summed E-state index contributed by atoms with van der Waals surface area (Å²) in [6.45, 7) is 2.33. The van der Waals surface area contributed by atoms with E-state index in [9.17, 15) is 4.79 Å². The fraction of sp³-hybridized carbons (Fsp3) is 0.545. The number of fused-ring (bicyclic) bond motifs is 1. The molecule has 0 unspecified atom stereocenters. The summed E-state index contributed by atoms with van der Waals surface area (Å²) < 4.78 is 2.20. The first-order valence-corrected chi connectivity index (χ1v) is 11.6. The molecule has 1 aliphatic heterocycles. The van der Waals surface area contributed by atoms with E-state index < -0.39 is 0 Å². The lowest BCUT2D eigenvalue weighted by molar-refractivity contribution is -0.127. The maximum atomic E-state index is 11.8. The molecule has 32 heavy (non-hydrogen) atoms. The lowest BCUT2D eigenvalue weighted by atomic mass is 9.95. The predicted molar refractivity (Wildman–Crippen MR) is 122 cm³/mol. The van der Waals surface area contributed by atoms with Gasteiger partial charge in [0.15, 0.2) is 17.0 Å². The molecule has 10 nitrogen and oxygen atoms in total. The average molecular weight is 436 g/mol. The van der Waals surface area contributed by atoms with Crippen molar-refractivity contribution in [2.45, 2.75) is 57.4 Å². The van der Waals surface area contributed by atoms with Gasteiger partial charge in [0.05, 0.1) is 6.33 Å². The number of likely N-dealkylation sites (tertiary alicyclic amines) is 1. The van der Waals surface area contributed by atoms with E-state index in [-0.39, 0.29) is 5.91 Å². The van der Waals surface area contributed by atoms with Crippen LogP contribution in [-0.4, -0.2) is 59.9 Å². The minimum atomic E-state index is 0.259. The Morgan fingerprint density at radius 3 is 2.62 bits per heavy atom. The molecule has 2 aliphatic rings. The van der Waals surface area contributed by atoms with E-state index >= 15 is 0 Å². The van der Waals surface area contributed by atoms with Crippen molar-refractivity contribution in [3.05, 3.63) is 24.8 Å². The molecule has 1 amide bonds. The zero-order valence-electron chi connectivity index (χ0n) is 18.2. The number of aromatic nitrogens is 6. The van der Waals surface area contributed by atoms with Crippen LogP contribution in [-0.2, 0) is 4.79 Å². The van der Waals surface area contributed by atoms with Gasteiger partial charge in [0, 0.05) is 44.5 Å². The Bertz CT molecular complexity index is 1060. The summed E-state index contributed by atoms with van der Waals surface area (Å²) in [6, 6.07) is 2.18. The number of hydrogen-bond donors (Lipinski definition) is 2. The third kappa shape index (κ3) is 4.49. The Morgan fingerprint density at radius 1 is 1.00 bits per heavy atom. The van der Waals surface area contributed by atoms with Gasteiger partial charge in [-0.25, -0.2) is 15.0 Å². The van der Waals surface area contributed by atoms with Gasteiger partial charge in [0.2, 0.25) is 17.8 Å². The molecule has 3 aromatic rings. The number of carbonyl (C=O) groups excluding carboxylic acids is 1. The second-order valence-corrected chi connectivity index (χ2v) is 8.47. The maximum absolute atomic E-state index is 11.8. The zero-order chi connectivity index (χ0) is 21.8. The number of hydrogen-bond acceptors (Lipinski definition) is 8. The van der Waals surface area contributed by atoms with Gasteiger partial charge in [-0.2, -0.15) is 9.97 Å². The van der Waals surface area contributed by atoms with Crippen LogP contribution >= 0.6 is 0 Å². The summed E-state index contributed by atoms with van der Waals surface area (Å²) in [5, 5.41) is 6.54. The van der Waals surface area contributed by atoms with E-state index in [1.807, 2.05) is 11.2 Å². The molecule has 2 fully saturated rings.